The normalized spacial score (nSPS) is 13.1. The van der Waals surface area contributed by atoms with E-state index in [1.165, 1.54) is 0 Å². The first-order valence-corrected chi connectivity index (χ1v) is 6.46. The Bertz CT molecular complexity index is 682. The number of aromatic carboxylic acids is 1. The summed E-state index contributed by atoms with van der Waals surface area (Å²) >= 11 is 5.97. The maximum atomic E-state index is 11.4. The third kappa shape index (κ3) is 2.30. The first-order valence-electron chi connectivity index (χ1n) is 6.08. The van der Waals surface area contributed by atoms with Gasteiger partial charge in [0.05, 0.1) is 0 Å². The van der Waals surface area contributed by atoms with E-state index in [4.69, 9.17) is 21.1 Å². The fraction of sp³-hybridized carbons (Fsp3) is 0.133. The van der Waals surface area contributed by atoms with Crippen LogP contribution in [0.4, 0.5) is 0 Å². The molecule has 1 aliphatic heterocycles. The highest BCUT2D eigenvalue weighted by molar-refractivity contribution is 6.30. The van der Waals surface area contributed by atoms with Gasteiger partial charge in [-0.15, -0.1) is 0 Å². The molecule has 0 bridgehead atoms. The standard InChI is InChI=1S/C15H11ClO4/c16-11-3-1-2-9(6-11)10-7-12(15(17)18)14-13(8-10)19-4-5-20-14/h1-3,6-8H,4-5H2,(H,17,18). The minimum atomic E-state index is -1.05. The average molecular weight is 291 g/mol. The van der Waals surface area contributed by atoms with Crippen LogP contribution in [0.25, 0.3) is 11.1 Å². The van der Waals surface area contributed by atoms with E-state index in [-0.39, 0.29) is 11.3 Å². The van der Waals surface area contributed by atoms with E-state index >= 15 is 0 Å². The quantitative estimate of drug-likeness (QED) is 0.920. The molecule has 1 heterocycles. The zero-order valence-corrected chi connectivity index (χ0v) is 11.2. The maximum absolute atomic E-state index is 11.4. The molecule has 1 N–H and O–H groups in total. The second-order valence-corrected chi connectivity index (χ2v) is 4.80. The summed E-state index contributed by atoms with van der Waals surface area (Å²) in [6, 6.07) is 10.6. The number of rotatable bonds is 2. The van der Waals surface area contributed by atoms with Crippen LogP contribution >= 0.6 is 11.6 Å². The summed E-state index contributed by atoms with van der Waals surface area (Å²) < 4.78 is 10.9. The van der Waals surface area contributed by atoms with Crippen molar-refractivity contribution in [3.8, 4) is 22.6 Å². The van der Waals surface area contributed by atoms with Crippen molar-refractivity contribution in [3.63, 3.8) is 0 Å². The minimum absolute atomic E-state index is 0.0946. The third-order valence-corrected chi connectivity index (χ3v) is 3.27. The third-order valence-electron chi connectivity index (χ3n) is 3.03. The molecule has 2 aromatic rings. The highest BCUT2D eigenvalue weighted by Gasteiger charge is 2.22. The molecule has 0 aliphatic carbocycles. The molecule has 20 heavy (non-hydrogen) atoms. The van der Waals surface area contributed by atoms with Gasteiger partial charge in [0.2, 0.25) is 0 Å². The molecule has 0 atom stereocenters. The highest BCUT2D eigenvalue weighted by atomic mass is 35.5. The van der Waals surface area contributed by atoms with E-state index < -0.39 is 5.97 Å². The summed E-state index contributed by atoms with van der Waals surface area (Å²) in [6.45, 7) is 0.759. The number of carboxylic acids is 1. The van der Waals surface area contributed by atoms with Gasteiger partial charge in [-0.05, 0) is 35.4 Å². The SMILES string of the molecule is O=C(O)c1cc(-c2cccc(Cl)c2)cc2c1OCCO2. The maximum Gasteiger partial charge on any atom is 0.339 e. The molecule has 0 saturated heterocycles. The number of fused-ring (bicyclic) bond motifs is 1. The van der Waals surface area contributed by atoms with Crippen LogP contribution in [-0.2, 0) is 0 Å². The Balaban J connectivity index is 2.17. The van der Waals surface area contributed by atoms with Gasteiger partial charge < -0.3 is 14.6 Å². The lowest BCUT2D eigenvalue weighted by Crippen LogP contribution is -2.18. The van der Waals surface area contributed by atoms with Gasteiger partial charge in [-0.2, -0.15) is 0 Å². The van der Waals surface area contributed by atoms with Crippen LogP contribution in [0.3, 0.4) is 0 Å². The number of carbonyl (C=O) groups is 1. The van der Waals surface area contributed by atoms with Gasteiger partial charge in [0.1, 0.15) is 18.8 Å². The van der Waals surface area contributed by atoms with Crippen LogP contribution in [0.2, 0.25) is 5.02 Å². The average Bonchev–Trinajstić information content (AvgIpc) is 2.46. The molecule has 0 saturated carbocycles. The van der Waals surface area contributed by atoms with E-state index in [1.807, 2.05) is 12.1 Å². The Labute approximate surface area is 120 Å². The first kappa shape index (κ1) is 12.8. The Morgan fingerprint density at radius 1 is 1.10 bits per heavy atom. The van der Waals surface area contributed by atoms with Gasteiger partial charge in [-0.3, -0.25) is 0 Å². The van der Waals surface area contributed by atoms with Gasteiger partial charge in [0.25, 0.3) is 0 Å². The molecular formula is C15H11ClO4. The molecule has 2 aromatic carbocycles. The van der Waals surface area contributed by atoms with Crippen molar-refractivity contribution in [2.75, 3.05) is 13.2 Å². The fourth-order valence-corrected chi connectivity index (χ4v) is 2.34. The van der Waals surface area contributed by atoms with E-state index in [1.54, 1.807) is 24.3 Å². The van der Waals surface area contributed by atoms with Crippen molar-refractivity contribution in [2.24, 2.45) is 0 Å². The van der Waals surface area contributed by atoms with Crippen molar-refractivity contribution >= 4 is 17.6 Å². The van der Waals surface area contributed by atoms with Crippen LogP contribution in [0.15, 0.2) is 36.4 Å². The number of hydrogen-bond donors (Lipinski definition) is 1. The Kier molecular flexibility index (Phi) is 3.24. The van der Waals surface area contributed by atoms with Gasteiger partial charge in [-0.25, -0.2) is 4.79 Å². The monoisotopic (exact) mass is 290 g/mol. The molecule has 4 nitrogen and oxygen atoms in total. The summed E-state index contributed by atoms with van der Waals surface area (Å²) in [4.78, 5) is 11.4. The zero-order chi connectivity index (χ0) is 14.1. The lowest BCUT2D eigenvalue weighted by molar-refractivity contribution is 0.0686. The Hall–Kier alpha value is -2.20. The molecule has 3 rings (SSSR count). The highest BCUT2D eigenvalue weighted by Crippen LogP contribution is 2.38. The lowest BCUT2D eigenvalue weighted by atomic mass is 10.0. The van der Waals surface area contributed by atoms with Crippen molar-refractivity contribution < 1.29 is 19.4 Å². The number of hydrogen-bond acceptors (Lipinski definition) is 3. The molecule has 0 amide bonds. The second-order valence-electron chi connectivity index (χ2n) is 4.36. The van der Waals surface area contributed by atoms with E-state index in [2.05, 4.69) is 0 Å². The molecule has 0 fully saturated rings. The van der Waals surface area contributed by atoms with Crippen molar-refractivity contribution in [2.45, 2.75) is 0 Å². The van der Waals surface area contributed by atoms with Crippen molar-refractivity contribution in [1.82, 2.24) is 0 Å². The molecule has 1 aliphatic rings. The summed E-state index contributed by atoms with van der Waals surface area (Å²) in [5.41, 5.74) is 1.66. The predicted octanol–water partition coefficient (Wildman–Crippen LogP) is 3.48. The first-order chi connectivity index (χ1) is 9.65. The van der Waals surface area contributed by atoms with Gasteiger partial charge in [-0.1, -0.05) is 23.7 Å². The molecule has 102 valence electrons. The largest absolute Gasteiger partial charge is 0.486 e. The predicted molar refractivity (Wildman–Crippen MR) is 74.8 cm³/mol. The molecule has 5 heteroatoms. The number of halogens is 1. The summed E-state index contributed by atoms with van der Waals surface area (Å²) in [5.74, 6) is -0.309. The van der Waals surface area contributed by atoms with E-state index in [9.17, 15) is 9.90 Å². The molecule has 0 radical (unpaired) electrons. The second kappa shape index (κ2) is 5.06. The van der Waals surface area contributed by atoms with Gasteiger partial charge in [0, 0.05) is 5.02 Å². The van der Waals surface area contributed by atoms with Gasteiger partial charge >= 0.3 is 5.97 Å². The van der Waals surface area contributed by atoms with Crippen molar-refractivity contribution in [3.05, 3.63) is 47.0 Å². The molecule has 0 unspecified atom stereocenters. The van der Waals surface area contributed by atoms with E-state index in [0.29, 0.717) is 24.0 Å². The molecule has 0 spiro atoms. The Morgan fingerprint density at radius 2 is 1.90 bits per heavy atom. The number of carboxylic acid groups (broad SMARTS) is 1. The van der Waals surface area contributed by atoms with E-state index in [0.717, 1.165) is 11.1 Å². The van der Waals surface area contributed by atoms with Crippen molar-refractivity contribution in [1.29, 1.82) is 0 Å². The number of benzene rings is 2. The van der Waals surface area contributed by atoms with Crippen LogP contribution in [-0.4, -0.2) is 24.3 Å². The topological polar surface area (TPSA) is 55.8 Å². The van der Waals surface area contributed by atoms with Crippen LogP contribution in [0, 0.1) is 0 Å². The number of ether oxygens (including phenoxy) is 2. The summed E-state index contributed by atoms with van der Waals surface area (Å²) in [5, 5.41) is 9.90. The molecule has 0 aromatic heterocycles. The zero-order valence-electron chi connectivity index (χ0n) is 10.4. The minimum Gasteiger partial charge on any atom is -0.486 e. The lowest BCUT2D eigenvalue weighted by Gasteiger charge is -2.21. The van der Waals surface area contributed by atoms with Gasteiger partial charge in [0.15, 0.2) is 11.5 Å². The smallest absolute Gasteiger partial charge is 0.339 e. The van der Waals surface area contributed by atoms with Crippen LogP contribution in [0.1, 0.15) is 10.4 Å². The molecular weight excluding hydrogens is 280 g/mol. The van der Waals surface area contributed by atoms with Crippen LogP contribution in [0.5, 0.6) is 11.5 Å². The van der Waals surface area contributed by atoms with Crippen LogP contribution < -0.4 is 9.47 Å². The summed E-state index contributed by atoms with van der Waals surface area (Å²) in [7, 11) is 0. The summed E-state index contributed by atoms with van der Waals surface area (Å²) in [6.07, 6.45) is 0. The Morgan fingerprint density at radius 3 is 2.65 bits per heavy atom. The fourth-order valence-electron chi connectivity index (χ4n) is 2.15.